The predicted molar refractivity (Wildman–Crippen MR) is 70.4 cm³/mol. The Bertz CT molecular complexity index is 462. The van der Waals surface area contributed by atoms with E-state index in [-0.39, 0.29) is 11.8 Å². The Kier molecular flexibility index (Phi) is 5.09. The molecule has 104 valence electrons. The van der Waals surface area contributed by atoms with Gasteiger partial charge in [0.15, 0.2) is 5.84 Å². The number of alkyl halides is 3. The van der Waals surface area contributed by atoms with Crippen LogP contribution < -0.4 is 5.73 Å². The van der Waals surface area contributed by atoms with Crippen molar-refractivity contribution in [1.82, 2.24) is 0 Å². The van der Waals surface area contributed by atoms with Crippen molar-refractivity contribution in [3.05, 3.63) is 35.9 Å². The van der Waals surface area contributed by atoms with Crippen LogP contribution in [-0.4, -0.2) is 24.4 Å². The molecule has 3 nitrogen and oxygen atoms in total. The van der Waals surface area contributed by atoms with E-state index in [9.17, 15) is 13.2 Å². The lowest BCUT2D eigenvalue weighted by Crippen LogP contribution is -2.32. The van der Waals surface area contributed by atoms with Gasteiger partial charge in [0.25, 0.3) is 0 Å². The van der Waals surface area contributed by atoms with Crippen LogP contribution in [0.2, 0.25) is 0 Å². The fraction of sp³-hybridized carbons (Fsp3) is 0.385. The maximum atomic E-state index is 12.4. The molecule has 19 heavy (non-hydrogen) atoms. The average Bonchev–Trinajstić information content (AvgIpc) is 2.33. The molecule has 0 saturated heterocycles. The van der Waals surface area contributed by atoms with Gasteiger partial charge in [0.1, 0.15) is 0 Å². The summed E-state index contributed by atoms with van der Waals surface area (Å²) in [5, 5.41) is 0. The number of halogens is 3. The standard InChI is InChI=1S/C13H16F3N3/c1-9(2)8-18-11(10-6-4-3-5-7-10)19-12(17)13(14,15)16/h3-7,9H,8H2,1-2H3,(H2,17,18,19). The van der Waals surface area contributed by atoms with Crippen LogP contribution in [0.15, 0.2) is 40.3 Å². The van der Waals surface area contributed by atoms with Crippen molar-refractivity contribution in [3.8, 4) is 0 Å². The molecule has 0 saturated carbocycles. The minimum absolute atomic E-state index is 0.00382. The van der Waals surface area contributed by atoms with Crippen LogP contribution in [-0.2, 0) is 0 Å². The van der Waals surface area contributed by atoms with E-state index in [1.54, 1.807) is 30.3 Å². The molecule has 0 aliphatic rings. The lowest BCUT2D eigenvalue weighted by Gasteiger charge is -2.08. The molecule has 0 aliphatic carbocycles. The Balaban J connectivity index is 3.11. The molecular formula is C13H16F3N3. The van der Waals surface area contributed by atoms with Crippen LogP contribution in [0.3, 0.4) is 0 Å². The van der Waals surface area contributed by atoms with Crippen molar-refractivity contribution in [2.45, 2.75) is 20.0 Å². The summed E-state index contributed by atoms with van der Waals surface area (Å²) in [7, 11) is 0. The quantitative estimate of drug-likeness (QED) is 0.666. The smallest absolute Gasteiger partial charge is 0.380 e. The first-order valence-corrected chi connectivity index (χ1v) is 5.82. The third kappa shape index (κ3) is 5.11. The van der Waals surface area contributed by atoms with E-state index in [0.29, 0.717) is 12.1 Å². The molecule has 0 spiro atoms. The average molecular weight is 271 g/mol. The first-order chi connectivity index (χ1) is 8.80. The number of amidine groups is 2. The molecule has 0 aliphatic heterocycles. The Morgan fingerprint density at radius 3 is 2.26 bits per heavy atom. The molecule has 0 fully saturated rings. The Hall–Kier alpha value is -1.85. The summed E-state index contributed by atoms with van der Waals surface area (Å²) >= 11 is 0. The molecular weight excluding hydrogens is 255 g/mol. The van der Waals surface area contributed by atoms with Crippen molar-refractivity contribution in [2.75, 3.05) is 6.54 Å². The summed E-state index contributed by atoms with van der Waals surface area (Å²) in [5.74, 6) is -1.16. The molecule has 0 amide bonds. The van der Waals surface area contributed by atoms with Crippen LogP contribution in [0.25, 0.3) is 0 Å². The predicted octanol–water partition coefficient (Wildman–Crippen LogP) is 3.01. The van der Waals surface area contributed by atoms with Crippen LogP contribution in [0.5, 0.6) is 0 Å². The van der Waals surface area contributed by atoms with Gasteiger partial charge < -0.3 is 5.73 Å². The van der Waals surface area contributed by atoms with E-state index in [4.69, 9.17) is 5.73 Å². The molecule has 0 aromatic heterocycles. The molecule has 0 atom stereocenters. The minimum atomic E-state index is -4.65. The van der Waals surface area contributed by atoms with E-state index in [1.165, 1.54) is 0 Å². The summed E-state index contributed by atoms with van der Waals surface area (Å²) in [4.78, 5) is 7.51. The molecule has 0 heterocycles. The summed E-state index contributed by atoms with van der Waals surface area (Å²) in [6.07, 6.45) is -4.65. The molecule has 1 rings (SSSR count). The van der Waals surface area contributed by atoms with Crippen LogP contribution in [0.1, 0.15) is 19.4 Å². The summed E-state index contributed by atoms with van der Waals surface area (Å²) in [5.41, 5.74) is 5.45. The fourth-order valence-corrected chi connectivity index (χ4v) is 1.22. The first kappa shape index (κ1) is 15.2. The van der Waals surface area contributed by atoms with Gasteiger partial charge in [0.2, 0.25) is 5.84 Å². The molecule has 1 aromatic rings. The van der Waals surface area contributed by atoms with Crippen LogP contribution >= 0.6 is 0 Å². The van der Waals surface area contributed by atoms with Gasteiger partial charge in [-0.25, -0.2) is 4.99 Å². The van der Waals surface area contributed by atoms with Crippen molar-refractivity contribution < 1.29 is 13.2 Å². The minimum Gasteiger partial charge on any atom is -0.380 e. The monoisotopic (exact) mass is 271 g/mol. The van der Waals surface area contributed by atoms with Gasteiger partial charge in [0.05, 0.1) is 0 Å². The summed E-state index contributed by atoms with van der Waals surface area (Å²) in [6, 6.07) is 8.47. The number of rotatable bonds is 3. The zero-order chi connectivity index (χ0) is 14.5. The zero-order valence-corrected chi connectivity index (χ0v) is 10.8. The highest BCUT2D eigenvalue weighted by Gasteiger charge is 2.34. The van der Waals surface area contributed by atoms with E-state index in [2.05, 4.69) is 9.98 Å². The third-order valence-electron chi connectivity index (χ3n) is 2.15. The van der Waals surface area contributed by atoms with Gasteiger partial charge in [0, 0.05) is 12.1 Å². The fourth-order valence-electron chi connectivity index (χ4n) is 1.22. The molecule has 0 unspecified atom stereocenters. The normalized spacial score (nSPS) is 14.0. The molecule has 2 N–H and O–H groups in total. The van der Waals surface area contributed by atoms with E-state index in [0.717, 1.165) is 0 Å². The first-order valence-electron chi connectivity index (χ1n) is 5.82. The highest BCUT2D eigenvalue weighted by Crippen LogP contribution is 2.15. The van der Waals surface area contributed by atoms with Crippen molar-refractivity contribution >= 4 is 11.7 Å². The largest absolute Gasteiger partial charge is 0.449 e. The number of hydrogen-bond donors (Lipinski definition) is 1. The lowest BCUT2D eigenvalue weighted by atomic mass is 10.2. The van der Waals surface area contributed by atoms with Crippen molar-refractivity contribution in [1.29, 1.82) is 0 Å². The maximum absolute atomic E-state index is 12.4. The topological polar surface area (TPSA) is 50.7 Å². The van der Waals surface area contributed by atoms with Gasteiger partial charge in [-0.1, -0.05) is 44.2 Å². The number of benzene rings is 1. The highest BCUT2D eigenvalue weighted by molar-refractivity contribution is 6.07. The molecule has 1 aromatic carbocycles. The molecule has 6 heteroatoms. The SMILES string of the molecule is CC(C)CN=C(N=C(N)C(F)(F)F)c1ccccc1. The second kappa shape index (κ2) is 6.36. The lowest BCUT2D eigenvalue weighted by molar-refractivity contribution is -0.0597. The number of nitrogens with two attached hydrogens (primary N) is 1. The molecule has 0 bridgehead atoms. The highest BCUT2D eigenvalue weighted by atomic mass is 19.4. The van der Waals surface area contributed by atoms with Crippen LogP contribution in [0, 0.1) is 5.92 Å². The number of aliphatic imine (C=N–C) groups is 2. The van der Waals surface area contributed by atoms with Crippen molar-refractivity contribution in [2.24, 2.45) is 21.6 Å². The Labute approximate surface area is 110 Å². The third-order valence-corrected chi connectivity index (χ3v) is 2.15. The van der Waals surface area contributed by atoms with Gasteiger partial charge in [-0.3, -0.25) is 4.99 Å². The second-order valence-electron chi connectivity index (χ2n) is 4.42. The van der Waals surface area contributed by atoms with E-state index < -0.39 is 12.0 Å². The number of hydrogen-bond acceptors (Lipinski definition) is 1. The van der Waals surface area contributed by atoms with Gasteiger partial charge in [-0.05, 0) is 5.92 Å². The Morgan fingerprint density at radius 1 is 1.21 bits per heavy atom. The van der Waals surface area contributed by atoms with E-state index in [1.807, 2.05) is 13.8 Å². The van der Waals surface area contributed by atoms with Gasteiger partial charge in [-0.15, -0.1) is 0 Å². The zero-order valence-electron chi connectivity index (χ0n) is 10.8. The van der Waals surface area contributed by atoms with Crippen molar-refractivity contribution in [3.63, 3.8) is 0 Å². The summed E-state index contributed by atoms with van der Waals surface area (Å²) < 4.78 is 37.2. The van der Waals surface area contributed by atoms with E-state index >= 15 is 0 Å². The summed E-state index contributed by atoms with van der Waals surface area (Å²) in [6.45, 7) is 4.23. The van der Waals surface area contributed by atoms with Gasteiger partial charge in [-0.2, -0.15) is 13.2 Å². The maximum Gasteiger partial charge on any atom is 0.449 e. The van der Waals surface area contributed by atoms with Gasteiger partial charge >= 0.3 is 6.18 Å². The van der Waals surface area contributed by atoms with Crippen LogP contribution in [0.4, 0.5) is 13.2 Å². The number of nitrogens with zero attached hydrogens (tertiary/aromatic N) is 2. The second-order valence-corrected chi connectivity index (χ2v) is 4.42. The molecule has 0 radical (unpaired) electrons. The Morgan fingerprint density at radius 2 is 1.79 bits per heavy atom.